The SMILES string of the molecule is CCC1CN(C(=O)CN(C)Cc2cnn(-c3ccccc3)n2)CCO1. The Hall–Kier alpha value is -2.25. The molecule has 1 atom stereocenters. The van der Waals surface area contributed by atoms with Crippen LogP contribution in [0.1, 0.15) is 19.0 Å². The maximum absolute atomic E-state index is 12.5. The number of hydrogen-bond donors (Lipinski definition) is 0. The minimum Gasteiger partial charge on any atom is -0.375 e. The lowest BCUT2D eigenvalue weighted by Crippen LogP contribution is -2.48. The van der Waals surface area contributed by atoms with Gasteiger partial charge in [-0.05, 0) is 25.6 Å². The van der Waals surface area contributed by atoms with Crippen LogP contribution < -0.4 is 0 Å². The van der Waals surface area contributed by atoms with Crippen LogP contribution in [0.5, 0.6) is 0 Å². The number of carbonyl (C=O) groups excluding carboxylic acids is 1. The van der Waals surface area contributed by atoms with Crippen LogP contribution in [0.2, 0.25) is 0 Å². The van der Waals surface area contributed by atoms with Crippen molar-refractivity contribution in [2.24, 2.45) is 0 Å². The van der Waals surface area contributed by atoms with Crippen molar-refractivity contribution in [2.75, 3.05) is 33.3 Å². The molecule has 1 amide bonds. The molecule has 1 aliphatic heterocycles. The number of benzene rings is 1. The first-order chi connectivity index (χ1) is 12.2. The van der Waals surface area contributed by atoms with E-state index in [2.05, 4.69) is 17.1 Å². The number of hydrogen-bond acceptors (Lipinski definition) is 5. The van der Waals surface area contributed by atoms with E-state index >= 15 is 0 Å². The minimum atomic E-state index is 0.139. The summed E-state index contributed by atoms with van der Waals surface area (Å²) in [4.78, 5) is 18.0. The highest BCUT2D eigenvalue weighted by molar-refractivity contribution is 5.78. The minimum absolute atomic E-state index is 0.139. The van der Waals surface area contributed by atoms with Crippen molar-refractivity contribution in [1.82, 2.24) is 24.8 Å². The fourth-order valence-electron chi connectivity index (χ4n) is 2.91. The normalized spacial score (nSPS) is 17.9. The van der Waals surface area contributed by atoms with Crippen molar-refractivity contribution in [3.8, 4) is 5.69 Å². The second-order valence-corrected chi connectivity index (χ2v) is 6.37. The number of carbonyl (C=O) groups is 1. The number of amides is 1. The van der Waals surface area contributed by atoms with Crippen LogP contribution in [0.25, 0.3) is 5.69 Å². The van der Waals surface area contributed by atoms with E-state index in [9.17, 15) is 4.79 Å². The third kappa shape index (κ3) is 4.64. The van der Waals surface area contributed by atoms with Gasteiger partial charge in [0.15, 0.2) is 0 Å². The maximum atomic E-state index is 12.5. The molecule has 7 nitrogen and oxygen atoms in total. The molecule has 1 aliphatic rings. The van der Waals surface area contributed by atoms with Gasteiger partial charge in [0.1, 0.15) is 0 Å². The van der Waals surface area contributed by atoms with Crippen LogP contribution >= 0.6 is 0 Å². The number of rotatable bonds is 6. The zero-order valence-electron chi connectivity index (χ0n) is 14.8. The first kappa shape index (κ1) is 17.6. The predicted molar refractivity (Wildman–Crippen MR) is 94.3 cm³/mol. The van der Waals surface area contributed by atoms with Crippen molar-refractivity contribution >= 4 is 5.91 Å². The molecule has 2 aromatic rings. The number of para-hydroxylation sites is 1. The van der Waals surface area contributed by atoms with Gasteiger partial charge in [0, 0.05) is 19.6 Å². The Labute approximate surface area is 148 Å². The van der Waals surface area contributed by atoms with Gasteiger partial charge in [0.25, 0.3) is 0 Å². The van der Waals surface area contributed by atoms with Crippen molar-refractivity contribution in [3.63, 3.8) is 0 Å². The molecule has 0 radical (unpaired) electrons. The molecule has 1 aromatic heterocycles. The van der Waals surface area contributed by atoms with Gasteiger partial charge in [-0.2, -0.15) is 15.0 Å². The molecular weight excluding hydrogens is 318 g/mol. The van der Waals surface area contributed by atoms with E-state index in [1.165, 1.54) is 0 Å². The molecule has 0 N–H and O–H groups in total. The lowest BCUT2D eigenvalue weighted by Gasteiger charge is -2.33. The van der Waals surface area contributed by atoms with Crippen molar-refractivity contribution in [3.05, 3.63) is 42.2 Å². The van der Waals surface area contributed by atoms with Gasteiger partial charge in [-0.1, -0.05) is 25.1 Å². The summed E-state index contributed by atoms with van der Waals surface area (Å²) < 4.78 is 5.62. The molecule has 0 saturated carbocycles. The largest absolute Gasteiger partial charge is 0.375 e. The Morgan fingerprint density at radius 2 is 2.16 bits per heavy atom. The molecule has 1 saturated heterocycles. The quantitative estimate of drug-likeness (QED) is 0.792. The topological polar surface area (TPSA) is 63.5 Å². The van der Waals surface area contributed by atoms with Crippen LogP contribution in [-0.2, 0) is 16.1 Å². The number of ether oxygens (including phenoxy) is 1. The highest BCUT2D eigenvalue weighted by Crippen LogP contribution is 2.10. The van der Waals surface area contributed by atoms with Gasteiger partial charge >= 0.3 is 0 Å². The van der Waals surface area contributed by atoms with Gasteiger partial charge in [-0.3, -0.25) is 9.69 Å². The average molecular weight is 343 g/mol. The Kier molecular flexibility index (Phi) is 5.78. The molecule has 134 valence electrons. The maximum Gasteiger partial charge on any atom is 0.236 e. The highest BCUT2D eigenvalue weighted by atomic mass is 16.5. The van der Waals surface area contributed by atoms with Gasteiger partial charge < -0.3 is 9.64 Å². The zero-order valence-corrected chi connectivity index (χ0v) is 14.8. The second-order valence-electron chi connectivity index (χ2n) is 6.37. The zero-order chi connectivity index (χ0) is 17.6. The standard InChI is InChI=1S/C18H25N5O2/c1-3-17-13-22(9-10-25-17)18(24)14-21(2)12-15-11-19-23(20-15)16-7-5-4-6-8-16/h4-8,11,17H,3,9-10,12-14H2,1-2H3. The first-order valence-electron chi connectivity index (χ1n) is 8.70. The number of nitrogens with zero attached hydrogens (tertiary/aromatic N) is 5. The molecule has 25 heavy (non-hydrogen) atoms. The predicted octanol–water partition coefficient (Wildman–Crippen LogP) is 1.34. The summed E-state index contributed by atoms with van der Waals surface area (Å²) in [6, 6.07) is 9.78. The summed E-state index contributed by atoms with van der Waals surface area (Å²) in [5, 5.41) is 8.78. The van der Waals surface area contributed by atoms with Crippen molar-refractivity contribution in [2.45, 2.75) is 26.0 Å². The van der Waals surface area contributed by atoms with Crippen molar-refractivity contribution in [1.29, 1.82) is 0 Å². The Morgan fingerprint density at radius 1 is 1.36 bits per heavy atom. The van der Waals surface area contributed by atoms with Crippen LogP contribution in [0.4, 0.5) is 0 Å². The molecule has 7 heteroatoms. The first-order valence-corrected chi connectivity index (χ1v) is 8.70. The highest BCUT2D eigenvalue weighted by Gasteiger charge is 2.23. The van der Waals surface area contributed by atoms with Crippen molar-refractivity contribution < 1.29 is 9.53 Å². The molecule has 3 rings (SSSR count). The fraction of sp³-hybridized carbons (Fsp3) is 0.500. The van der Waals surface area contributed by atoms with E-state index in [1.54, 1.807) is 11.0 Å². The lowest BCUT2D eigenvalue weighted by molar-refractivity contribution is -0.139. The molecule has 1 fully saturated rings. The second kappa shape index (κ2) is 8.22. The molecule has 0 bridgehead atoms. The summed E-state index contributed by atoms with van der Waals surface area (Å²) in [5.41, 5.74) is 1.76. The van der Waals surface area contributed by atoms with Crippen LogP contribution in [-0.4, -0.2) is 70.1 Å². The van der Waals surface area contributed by atoms with E-state index in [1.807, 2.05) is 47.2 Å². The fourth-order valence-corrected chi connectivity index (χ4v) is 2.91. The average Bonchev–Trinajstić information content (AvgIpc) is 3.10. The lowest BCUT2D eigenvalue weighted by atomic mass is 10.2. The van der Waals surface area contributed by atoms with E-state index in [-0.39, 0.29) is 12.0 Å². The number of aromatic nitrogens is 3. The Bertz CT molecular complexity index is 688. The van der Waals surface area contributed by atoms with E-state index in [0.717, 1.165) is 17.8 Å². The van der Waals surface area contributed by atoms with Crippen LogP contribution in [0.15, 0.2) is 36.5 Å². The summed E-state index contributed by atoms with van der Waals surface area (Å²) in [7, 11) is 1.93. The van der Waals surface area contributed by atoms with E-state index in [0.29, 0.717) is 32.8 Å². The molecular formula is C18H25N5O2. The number of morpholine rings is 1. The Balaban J connectivity index is 1.53. The molecule has 1 unspecified atom stereocenters. The molecule has 0 spiro atoms. The van der Waals surface area contributed by atoms with Crippen LogP contribution in [0.3, 0.4) is 0 Å². The third-order valence-corrected chi connectivity index (χ3v) is 4.31. The molecule has 0 aliphatic carbocycles. The Morgan fingerprint density at radius 3 is 2.92 bits per heavy atom. The summed E-state index contributed by atoms with van der Waals surface area (Å²) in [6.07, 6.45) is 2.84. The van der Waals surface area contributed by atoms with E-state index in [4.69, 9.17) is 4.74 Å². The number of likely N-dealkylation sites (N-methyl/N-ethyl adjacent to an activating group) is 1. The van der Waals surface area contributed by atoms with E-state index < -0.39 is 0 Å². The summed E-state index contributed by atoms with van der Waals surface area (Å²) >= 11 is 0. The molecule has 2 heterocycles. The van der Waals surface area contributed by atoms with Crippen LogP contribution in [0, 0.1) is 0 Å². The summed E-state index contributed by atoms with van der Waals surface area (Å²) in [5.74, 6) is 0.139. The van der Waals surface area contributed by atoms with Gasteiger partial charge in [0.2, 0.25) is 5.91 Å². The summed E-state index contributed by atoms with van der Waals surface area (Å²) in [6.45, 7) is 5.02. The monoisotopic (exact) mass is 343 g/mol. The molecule has 1 aromatic carbocycles. The van der Waals surface area contributed by atoms with Gasteiger partial charge in [-0.15, -0.1) is 0 Å². The smallest absolute Gasteiger partial charge is 0.236 e. The van der Waals surface area contributed by atoms with Gasteiger partial charge in [0.05, 0.1) is 36.8 Å². The third-order valence-electron chi connectivity index (χ3n) is 4.31. The van der Waals surface area contributed by atoms with Gasteiger partial charge in [-0.25, -0.2) is 0 Å².